The van der Waals surface area contributed by atoms with Crippen molar-refractivity contribution in [1.29, 1.82) is 0 Å². The first kappa shape index (κ1) is 22.9. The lowest BCUT2D eigenvalue weighted by molar-refractivity contribution is -0.137. The monoisotopic (exact) mass is 493 g/mol. The summed E-state index contributed by atoms with van der Waals surface area (Å²) in [7, 11) is -4.07. The third-order valence-corrected chi connectivity index (χ3v) is 7.08. The summed E-state index contributed by atoms with van der Waals surface area (Å²) in [5, 5.41) is -0.693. The van der Waals surface area contributed by atoms with E-state index in [4.69, 9.17) is 11.6 Å². The van der Waals surface area contributed by atoms with Gasteiger partial charge in [0.1, 0.15) is 0 Å². The Morgan fingerprint density at radius 1 is 1.03 bits per heavy atom. The lowest BCUT2D eigenvalue weighted by atomic mass is 10.0. The molecule has 0 spiro atoms. The number of aromatic nitrogens is 3. The fourth-order valence-corrected chi connectivity index (χ4v) is 4.87. The maximum Gasteiger partial charge on any atom is 0.417 e. The van der Waals surface area contributed by atoms with Gasteiger partial charge in [-0.3, -0.25) is 9.20 Å². The Morgan fingerprint density at radius 3 is 2.39 bits per heavy atom. The first-order chi connectivity index (χ1) is 15.6. The van der Waals surface area contributed by atoms with E-state index in [1.807, 2.05) is 0 Å². The highest BCUT2D eigenvalue weighted by molar-refractivity contribution is 7.91. The van der Waals surface area contributed by atoms with Crippen molar-refractivity contribution in [1.82, 2.24) is 14.4 Å². The van der Waals surface area contributed by atoms with Crippen LogP contribution in [0, 0.1) is 0 Å². The molecule has 0 bridgehead atoms. The van der Waals surface area contributed by atoms with E-state index in [9.17, 15) is 26.4 Å². The van der Waals surface area contributed by atoms with Crippen LogP contribution in [0.4, 0.5) is 13.2 Å². The molecule has 0 atom stereocenters. The third kappa shape index (κ3) is 4.76. The van der Waals surface area contributed by atoms with Gasteiger partial charge in [-0.2, -0.15) is 13.2 Å². The van der Waals surface area contributed by atoms with E-state index in [1.165, 1.54) is 18.3 Å². The van der Waals surface area contributed by atoms with E-state index in [1.54, 1.807) is 35.1 Å². The molecule has 6 nitrogen and oxygen atoms in total. The van der Waals surface area contributed by atoms with Crippen molar-refractivity contribution in [2.45, 2.75) is 28.8 Å². The van der Waals surface area contributed by atoms with E-state index in [-0.39, 0.29) is 22.0 Å². The summed E-state index contributed by atoms with van der Waals surface area (Å²) in [4.78, 5) is 20.1. The summed E-state index contributed by atoms with van der Waals surface area (Å²) in [6.07, 6.45) is 2.22. The number of alkyl halides is 3. The number of hydrogen-bond donors (Lipinski definition) is 0. The average molecular weight is 494 g/mol. The number of halogens is 4. The Balaban J connectivity index is 1.47. The molecule has 0 aliphatic heterocycles. The molecule has 0 saturated heterocycles. The van der Waals surface area contributed by atoms with E-state index in [0.29, 0.717) is 23.8 Å². The zero-order valence-electron chi connectivity index (χ0n) is 16.8. The quantitative estimate of drug-likeness (QED) is 0.351. The van der Waals surface area contributed by atoms with Crippen LogP contribution in [-0.4, -0.2) is 28.6 Å². The first-order valence-electron chi connectivity index (χ1n) is 9.58. The molecular weight excluding hydrogens is 479 g/mol. The molecule has 0 radical (unpaired) electrons. The number of nitrogens with zero attached hydrogens (tertiary/aromatic N) is 3. The number of Topliss-reactive ketones (excluding diaryl/α,β-unsaturated/α-hetero) is 1. The van der Waals surface area contributed by atoms with Gasteiger partial charge in [0.25, 0.3) is 0 Å². The number of benzene rings is 2. The minimum absolute atomic E-state index is 0.0943. The van der Waals surface area contributed by atoms with Gasteiger partial charge in [0.05, 0.1) is 25.9 Å². The molecule has 33 heavy (non-hydrogen) atoms. The van der Waals surface area contributed by atoms with Crippen LogP contribution >= 0.6 is 11.6 Å². The number of ketones is 1. The van der Waals surface area contributed by atoms with Crippen molar-refractivity contribution in [2.75, 3.05) is 0 Å². The Hall–Kier alpha value is -3.24. The zero-order valence-corrected chi connectivity index (χ0v) is 18.3. The van der Waals surface area contributed by atoms with Gasteiger partial charge in [-0.05, 0) is 42.3 Å². The molecule has 11 heteroatoms. The van der Waals surface area contributed by atoms with E-state index < -0.39 is 26.6 Å². The maximum absolute atomic E-state index is 12.9. The minimum atomic E-state index is -4.68. The van der Waals surface area contributed by atoms with Gasteiger partial charge in [0.15, 0.2) is 5.78 Å². The van der Waals surface area contributed by atoms with Crippen molar-refractivity contribution in [3.05, 3.63) is 89.0 Å². The average Bonchev–Trinajstić information content (AvgIpc) is 3.24. The number of fused-ring (bicyclic) bond motifs is 1. The Kier molecular flexibility index (Phi) is 5.98. The molecule has 2 aromatic heterocycles. The summed E-state index contributed by atoms with van der Waals surface area (Å²) < 4.78 is 65.8. The largest absolute Gasteiger partial charge is 0.417 e. The summed E-state index contributed by atoms with van der Waals surface area (Å²) >= 11 is 5.65. The third-order valence-electron chi connectivity index (χ3n) is 5.00. The van der Waals surface area contributed by atoms with Gasteiger partial charge in [0, 0.05) is 31.2 Å². The normalized spacial score (nSPS) is 12.2. The molecule has 4 aromatic rings. The molecule has 0 aliphatic carbocycles. The van der Waals surface area contributed by atoms with E-state index in [0.717, 1.165) is 17.7 Å². The lowest BCUT2D eigenvalue weighted by Gasteiger charge is -2.11. The Morgan fingerprint density at radius 2 is 1.73 bits per heavy atom. The number of rotatable bonds is 6. The standard InChI is InChI=1S/C22H15ClF3N3O3S/c23-19-11-17(6-7-18(19)22(24,25)26)33(31,32)16-4-1-14(2-5-16)3-8-20(30)15-12-28-21-27-9-10-29(21)13-15/h1-2,4-7,9-13H,3,8H2. The van der Waals surface area contributed by atoms with Crippen LogP contribution in [0.3, 0.4) is 0 Å². The molecule has 0 amide bonds. The molecule has 0 aliphatic rings. The van der Waals surface area contributed by atoms with Gasteiger partial charge in [-0.1, -0.05) is 23.7 Å². The van der Waals surface area contributed by atoms with Gasteiger partial charge in [0.2, 0.25) is 15.6 Å². The first-order valence-corrected chi connectivity index (χ1v) is 11.4. The predicted molar refractivity (Wildman–Crippen MR) is 114 cm³/mol. The van der Waals surface area contributed by atoms with Crippen molar-refractivity contribution in [3.63, 3.8) is 0 Å². The van der Waals surface area contributed by atoms with Crippen LogP contribution in [0.1, 0.15) is 27.9 Å². The minimum Gasteiger partial charge on any atom is -0.294 e. The molecule has 0 saturated carbocycles. The summed E-state index contributed by atoms with van der Waals surface area (Å²) in [6.45, 7) is 0. The highest BCUT2D eigenvalue weighted by Crippen LogP contribution is 2.36. The van der Waals surface area contributed by atoms with Crippen molar-refractivity contribution in [3.8, 4) is 0 Å². The molecule has 0 N–H and O–H groups in total. The molecular formula is C22H15ClF3N3O3S. The molecule has 2 aromatic carbocycles. The number of aryl methyl sites for hydroxylation is 1. The SMILES string of the molecule is O=C(CCc1ccc(S(=O)(=O)c2ccc(C(F)(F)F)c(Cl)c2)cc1)c1cnc2nccn2c1. The molecule has 0 unspecified atom stereocenters. The number of imidazole rings is 1. The van der Waals surface area contributed by atoms with Crippen LogP contribution in [0.15, 0.2) is 77.0 Å². The Labute approximate surface area is 191 Å². The van der Waals surface area contributed by atoms with E-state index in [2.05, 4.69) is 9.97 Å². The number of carbonyl (C=O) groups excluding carboxylic acids is 1. The van der Waals surface area contributed by atoms with Crippen LogP contribution in [-0.2, 0) is 22.4 Å². The maximum atomic E-state index is 12.9. The van der Waals surface area contributed by atoms with Gasteiger partial charge in [-0.15, -0.1) is 0 Å². The second-order valence-corrected chi connectivity index (χ2v) is 9.54. The fourth-order valence-electron chi connectivity index (χ4n) is 3.23. The summed E-state index contributed by atoms with van der Waals surface area (Å²) in [6, 6.07) is 8.12. The van der Waals surface area contributed by atoms with Crippen molar-refractivity contribution < 1.29 is 26.4 Å². The number of carbonyl (C=O) groups is 1. The summed E-state index contributed by atoms with van der Waals surface area (Å²) in [5.74, 6) is 0.354. The molecule has 0 fully saturated rings. The van der Waals surface area contributed by atoms with Crippen LogP contribution in [0.25, 0.3) is 5.78 Å². The van der Waals surface area contributed by atoms with E-state index >= 15 is 0 Å². The molecule has 2 heterocycles. The number of sulfone groups is 1. The smallest absolute Gasteiger partial charge is 0.294 e. The number of hydrogen-bond acceptors (Lipinski definition) is 5. The van der Waals surface area contributed by atoms with Gasteiger partial charge < -0.3 is 0 Å². The predicted octanol–water partition coefficient (Wildman–Crippen LogP) is 5.05. The Bertz CT molecular complexity index is 1450. The highest BCUT2D eigenvalue weighted by atomic mass is 35.5. The van der Waals surface area contributed by atoms with Crippen molar-refractivity contribution in [2.24, 2.45) is 0 Å². The molecule has 170 valence electrons. The zero-order chi connectivity index (χ0) is 23.8. The topological polar surface area (TPSA) is 81.4 Å². The second-order valence-electron chi connectivity index (χ2n) is 7.19. The van der Waals surface area contributed by atoms with Gasteiger partial charge >= 0.3 is 6.18 Å². The summed E-state index contributed by atoms with van der Waals surface area (Å²) in [5.41, 5.74) is 0.0498. The second kappa shape index (κ2) is 8.60. The fraction of sp³-hybridized carbons (Fsp3) is 0.136. The lowest BCUT2D eigenvalue weighted by Crippen LogP contribution is -2.08. The molecule has 4 rings (SSSR count). The van der Waals surface area contributed by atoms with Crippen molar-refractivity contribution >= 4 is 33.0 Å². The highest BCUT2D eigenvalue weighted by Gasteiger charge is 2.34. The van der Waals surface area contributed by atoms with Crippen LogP contribution in [0.5, 0.6) is 0 Å². The van der Waals surface area contributed by atoms with Crippen LogP contribution < -0.4 is 0 Å². The van der Waals surface area contributed by atoms with Crippen LogP contribution in [0.2, 0.25) is 5.02 Å². The van der Waals surface area contributed by atoms with Gasteiger partial charge in [-0.25, -0.2) is 18.4 Å².